The van der Waals surface area contributed by atoms with Crippen molar-refractivity contribution in [2.75, 3.05) is 6.61 Å². The molecule has 1 aliphatic heterocycles. The summed E-state index contributed by atoms with van der Waals surface area (Å²) in [5.41, 5.74) is 0.649. The largest absolute Gasteiger partial charge is 0.481 e. The van der Waals surface area contributed by atoms with Gasteiger partial charge in [-0.1, -0.05) is 5.92 Å². The van der Waals surface area contributed by atoms with Crippen LogP contribution in [0.25, 0.3) is 0 Å². The first-order valence-electron chi connectivity index (χ1n) is 9.53. The SMILES string of the molecule is CC(C)(C#Cc1cc(COc2cc(Br)cnc2[N+](=O)[O-])ccn1)OC1CCCCO1. The monoisotopic (exact) mass is 475 g/mol. The molecular formula is C21H22BrN3O5. The first-order valence-corrected chi connectivity index (χ1v) is 10.3. The summed E-state index contributed by atoms with van der Waals surface area (Å²) >= 11 is 3.24. The quantitative estimate of drug-likeness (QED) is 0.346. The summed E-state index contributed by atoms with van der Waals surface area (Å²) in [5.74, 6) is 5.87. The lowest BCUT2D eigenvalue weighted by Gasteiger charge is -2.29. The van der Waals surface area contributed by atoms with Crippen LogP contribution in [0.5, 0.6) is 5.75 Å². The molecular weight excluding hydrogens is 454 g/mol. The molecule has 0 amide bonds. The molecule has 8 nitrogen and oxygen atoms in total. The third-order valence-corrected chi connectivity index (χ3v) is 4.68. The van der Waals surface area contributed by atoms with Crippen molar-refractivity contribution in [1.29, 1.82) is 0 Å². The van der Waals surface area contributed by atoms with Crippen molar-refractivity contribution in [2.24, 2.45) is 0 Å². The Morgan fingerprint density at radius 2 is 2.20 bits per heavy atom. The van der Waals surface area contributed by atoms with Crippen molar-refractivity contribution in [2.45, 2.75) is 51.6 Å². The van der Waals surface area contributed by atoms with Gasteiger partial charge in [-0.25, -0.2) is 4.98 Å². The third kappa shape index (κ3) is 6.49. The molecule has 0 aliphatic carbocycles. The smallest absolute Gasteiger partial charge is 0.406 e. The van der Waals surface area contributed by atoms with Gasteiger partial charge < -0.3 is 24.3 Å². The van der Waals surface area contributed by atoms with Gasteiger partial charge >= 0.3 is 5.82 Å². The van der Waals surface area contributed by atoms with Gasteiger partial charge in [-0.2, -0.15) is 0 Å². The first-order chi connectivity index (χ1) is 14.3. The van der Waals surface area contributed by atoms with Crippen molar-refractivity contribution < 1.29 is 19.1 Å². The van der Waals surface area contributed by atoms with E-state index in [1.54, 1.807) is 18.3 Å². The molecule has 0 saturated carbocycles. The molecule has 1 saturated heterocycles. The number of nitro groups is 1. The average Bonchev–Trinajstić information content (AvgIpc) is 2.71. The number of aromatic nitrogens is 2. The van der Waals surface area contributed by atoms with Gasteiger partial charge in [-0.3, -0.25) is 0 Å². The van der Waals surface area contributed by atoms with Gasteiger partial charge in [0.1, 0.15) is 17.9 Å². The summed E-state index contributed by atoms with van der Waals surface area (Å²) in [5, 5.41) is 11.1. The molecule has 0 radical (unpaired) electrons. The fourth-order valence-electron chi connectivity index (χ4n) is 2.83. The van der Waals surface area contributed by atoms with E-state index in [0.717, 1.165) is 24.8 Å². The molecule has 3 rings (SSSR count). The summed E-state index contributed by atoms with van der Waals surface area (Å²) in [6, 6.07) is 5.05. The highest BCUT2D eigenvalue weighted by atomic mass is 79.9. The topological polar surface area (TPSA) is 96.6 Å². The number of halogens is 1. The Balaban J connectivity index is 1.66. The Kier molecular flexibility index (Phi) is 7.37. The lowest BCUT2D eigenvalue weighted by Crippen LogP contribution is -2.33. The fraction of sp³-hybridized carbons (Fsp3) is 0.429. The van der Waals surface area contributed by atoms with Crippen LogP contribution in [0.1, 0.15) is 44.4 Å². The standard InChI is InChI=1S/C21H22BrN3O5/c1-21(2,30-19-5-3-4-10-28-19)8-6-17-11-15(7-9-23-17)14-29-18-12-16(22)13-24-20(18)25(26)27/h7,9,11-13,19H,3-5,10,14H2,1-2H3. The molecule has 0 spiro atoms. The van der Waals surface area contributed by atoms with Crippen LogP contribution in [0.15, 0.2) is 35.1 Å². The molecule has 0 bridgehead atoms. The van der Waals surface area contributed by atoms with Crippen LogP contribution in [0, 0.1) is 22.0 Å². The minimum atomic E-state index is -0.682. The Labute approximate surface area is 183 Å². The second-order valence-electron chi connectivity index (χ2n) is 7.24. The maximum atomic E-state index is 11.1. The highest BCUT2D eigenvalue weighted by Crippen LogP contribution is 2.28. The Hall–Kier alpha value is -2.54. The molecule has 2 aromatic rings. The Morgan fingerprint density at radius 1 is 1.37 bits per heavy atom. The number of pyridine rings is 2. The van der Waals surface area contributed by atoms with Crippen LogP contribution in [0.3, 0.4) is 0 Å². The second kappa shape index (κ2) is 9.98. The zero-order valence-corrected chi connectivity index (χ0v) is 18.3. The summed E-state index contributed by atoms with van der Waals surface area (Å²) < 4.78 is 17.8. The zero-order valence-electron chi connectivity index (χ0n) is 16.8. The molecule has 9 heteroatoms. The number of nitrogens with zero attached hydrogens (tertiary/aromatic N) is 3. The summed E-state index contributed by atoms with van der Waals surface area (Å²) in [6.45, 7) is 4.62. The lowest BCUT2D eigenvalue weighted by atomic mass is 10.1. The third-order valence-electron chi connectivity index (χ3n) is 4.25. The van der Waals surface area contributed by atoms with Crippen molar-refractivity contribution >= 4 is 21.7 Å². The van der Waals surface area contributed by atoms with Gasteiger partial charge in [0.15, 0.2) is 12.5 Å². The van der Waals surface area contributed by atoms with Crippen molar-refractivity contribution in [3.8, 4) is 17.6 Å². The van der Waals surface area contributed by atoms with Crippen LogP contribution in [-0.2, 0) is 16.1 Å². The summed E-state index contributed by atoms with van der Waals surface area (Å²) in [6.07, 6.45) is 5.76. The van der Waals surface area contributed by atoms with E-state index >= 15 is 0 Å². The van der Waals surface area contributed by atoms with Crippen molar-refractivity contribution in [1.82, 2.24) is 9.97 Å². The molecule has 3 heterocycles. The van der Waals surface area contributed by atoms with E-state index in [2.05, 4.69) is 37.7 Å². The minimum Gasteiger partial charge on any atom is -0.481 e. The Bertz CT molecular complexity index is 965. The molecule has 0 N–H and O–H groups in total. The highest BCUT2D eigenvalue weighted by molar-refractivity contribution is 9.10. The fourth-order valence-corrected chi connectivity index (χ4v) is 3.14. The van der Waals surface area contributed by atoms with Crippen LogP contribution in [0.2, 0.25) is 0 Å². The molecule has 30 heavy (non-hydrogen) atoms. The maximum absolute atomic E-state index is 11.1. The number of hydrogen-bond donors (Lipinski definition) is 0. The van der Waals surface area contributed by atoms with Crippen LogP contribution >= 0.6 is 15.9 Å². The highest BCUT2D eigenvalue weighted by Gasteiger charge is 2.24. The van der Waals surface area contributed by atoms with Gasteiger partial charge in [0.05, 0.1) is 4.47 Å². The second-order valence-corrected chi connectivity index (χ2v) is 8.16. The molecule has 158 valence electrons. The molecule has 2 aromatic heterocycles. The van der Waals surface area contributed by atoms with Crippen molar-refractivity contribution in [3.63, 3.8) is 0 Å². The molecule has 1 atom stereocenters. The van der Waals surface area contributed by atoms with Gasteiger partial charge in [-0.05, 0) is 82.6 Å². The van der Waals surface area contributed by atoms with Gasteiger partial charge in [-0.15, -0.1) is 0 Å². The van der Waals surface area contributed by atoms with Crippen LogP contribution < -0.4 is 4.74 Å². The van der Waals surface area contributed by atoms with E-state index in [1.165, 1.54) is 12.3 Å². The molecule has 1 aliphatic rings. The lowest BCUT2D eigenvalue weighted by molar-refractivity contribution is -0.390. The zero-order chi connectivity index (χ0) is 21.6. The predicted octanol–water partition coefficient (Wildman–Crippen LogP) is 4.40. The normalized spacial score (nSPS) is 16.4. The molecule has 1 fully saturated rings. The molecule has 0 aromatic carbocycles. The molecule has 1 unspecified atom stereocenters. The first kappa shape index (κ1) is 22.2. The van der Waals surface area contributed by atoms with Gasteiger partial charge in [0, 0.05) is 18.9 Å². The van der Waals surface area contributed by atoms with E-state index in [4.69, 9.17) is 14.2 Å². The summed E-state index contributed by atoms with van der Waals surface area (Å²) in [7, 11) is 0. The predicted molar refractivity (Wildman–Crippen MR) is 113 cm³/mol. The van der Waals surface area contributed by atoms with Crippen LogP contribution in [-0.4, -0.2) is 33.4 Å². The van der Waals surface area contributed by atoms with E-state index in [0.29, 0.717) is 16.8 Å². The van der Waals surface area contributed by atoms with Gasteiger partial charge in [0.25, 0.3) is 0 Å². The number of ether oxygens (including phenoxy) is 3. The number of rotatable bonds is 6. The van der Waals surface area contributed by atoms with Crippen molar-refractivity contribution in [3.05, 3.63) is 56.4 Å². The van der Waals surface area contributed by atoms with E-state index in [9.17, 15) is 10.1 Å². The maximum Gasteiger partial charge on any atom is 0.406 e. The average molecular weight is 476 g/mol. The van der Waals surface area contributed by atoms with Gasteiger partial charge in [0.2, 0.25) is 5.75 Å². The minimum absolute atomic E-state index is 0.0841. The van der Waals surface area contributed by atoms with Crippen LogP contribution in [0.4, 0.5) is 5.82 Å². The Morgan fingerprint density at radius 3 is 2.93 bits per heavy atom. The van der Waals surface area contributed by atoms with E-state index in [1.807, 2.05) is 13.8 Å². The number of hydrogen-bond acceptors (Lipinski definition) is 7. The van der Waals surface area contributed by atoms with E-state index in [-0.39, 0.29) is 24.5 Å². The summed E-state index contributed by atoms with van der Waals surface area (Å²) in [4.78, 5) is 18.6. The van der Waals surface area contributed by atoms with E-state index < -0.39 is 10.5 Å².